The highest BCUT2D eigenvalue weighted by Crippen LogP contribution is 2.37. The minimum Gasteiger partial charge on any atom is -0.340 e. The number of aromatic nitrogens is 3. The number of hydrogen-bond donors (Lipinski definition) is 1. The van der Waals surface area contributed by atoms with Crippen LogP contribution in [0.5, 0.6) is 0 Å². The molecule has 2 fully saturated rings. The average molecular weight is 741 g/mol. The Balaban J connectivity index is 1.08. The van der Waals surface area contributed by atoms with Gasteiger partial charge in [0.25, 0.3) is 0 Å². The lowest BCUT2D eigenvalue weighted by Gasteiger charge is -2.32. The molecule has 4 atom stereocenters. The van der Waals surface area contributed by atoms with Gasteiger partial charge in [0.2, 0.25) is 11.8 Å². The SMILES string of the molecule is CC(C)CC(C(=O)N1CCCC1c1nc2ccc(-c3ccc(-c4ccc5ccc(C6CCCN6C(=O)C(CC(C)C)N(C)C)nc5c4)cc3)cc2[nH]1)C(C)C. The Morgan fingerprint density at radius 1 is 0.691 bits per heavy atom. The zero-order valence-corrected chi connectivity index (χ0v) is 34.2. The minimum atomic E-state index is -0.119. The van der Waals surface area contributed by atoms with E-state index in [-0.39, 0.29) is 35.9 Å². The van der Waals surface area contributed by atoms with Gasteiger partial charge in [-0.05, 0) is 117 Å². The van der Waals surface area contributed by atoms with Crippen molar-refractivity contribution >= 4 is 33.8 Å². The Morgan fingerprint density at radius 2 is 1.27 bits per heavy atom. The second-order valence-electron chi connectivity index (χ2n) is 17.5. The van der Waals surface area contributed by atoms with Crippen molar-refractivity contribution in [3.8, 4) is 22.3 Å². The van der Waals surface area contributed by atoms with Crippen LogP contribution in [0.25, 0.3) is 44.2 Å². The Morgan fingerprint density at radius 3 is 1.91 bits per heavy atom. The standard InChI is InChI=1S/C47H60N6O2/c1-29(2)25-37(31(5)6)46(54)53-24-10-12-43(53)45-49-38-21-20-36(28-41(38)50-45)33-15-13-32(14-16-33)35-18-17-34-19-22-39(48-40(34)27-35)42-11-9-23-52(42)47(55)44(51(7)8)26-30(3)4/h13-22,27-31,37,42-44H,9-12,23-26H2,1-8H3,(H,49,50). The van der Waals surface area contributed by atoms with Crippen LogP contribution in [0, 0.1) is 23.7 Å². The van der Waals surface area contributed by atoms with Crippen molar-refractivity contribution in [3.63, 3.8) is 0 Å². The van der Waals surface area contributed by atoms with Gasteiger partial charge in [0, 0.05) is 24.4 Å². The second kappa shape index (κ2) is 16.3. The van der Waals surface area contributed by atoms with Crippen LogP contribution in [-0.2, 0) is 9.59 Å². The highest BCUT2D eigenvalue weighted by atomic mass is 16.2. The maximum Gasteiger partial charge on any atom is 0.240 e. The number of benzene rings is 3. The van der Waals surface area contributed by atoms with Crippen molar-refractivity contribution < 1.29 is 9.59 Å². The highest BCUT2D eigenvalue weighted by Gasteiger charge is 2.38. The third kappa shape index (κ3) is 8.21. The number of likely N-dealkylation sites (tertiary alicyclic amines) is 2. The fourth-order valence-electron chi connectivity index (χ4n) is 8.92. The van der Waals surface area contributed by atoms with Gasteiger partial charge in [0.05, 0.1) is 40.4 Å². The van der Waals surface area contributed by atoms with Gasteiger partial charge in [-0.3, -0.25) is 19.5 Å². The molecule has 0 saturated carbocycles. The summed E-state index contributed by atoms with van der Waals surface area (Å²) in [5.74, 6) is 2.67. The van der Waals surface area contributed by atoms with E-state index in [1.165, 1.54) is 0 Å². The number of imidazole rings is 1. The van der Waals surface area contributed by atoms with Crippen LogP contribution in [0.2, 0.25) is 0 Å². The summed E-state index contributed by atoms with van der Waals surface area (Å²) in [6, 6.07) is 25.8. The van der Waals surface area contributed by atoms with Crippen LogP contribution in [0.15, 0.2) is 72.8 Å². The van der Waals surface area contributed by atoms with E-state index in [0.29, 0.717) is 17.8 Å². The summed E-state index contributed by atoms with van der Waals surface area (Å²) in [7, 11) is 4.02. The maximum absolute atomic E-state index is 13.8. The summed E-state index contributed by atoms with van der Waals surface area (Å²) in [6.45, 7) is 14.7. The molecule has 0 radical (unpaired) electrons. The predicted molar refractivity (Wildman–Crippen MR) is 224 cm³/mol. The molecule has 55 heavy (non-hydrogen) atoms. The Kier molecular flexibility index (Phi) is 11.4. The Bertz CT molecular complexity index is 2130. The molecule has 3 aromatic carbocycles. The highest BCUT2D eigenvalue weighted by molar-refractivity contribution is 5.87. The number of rotatable bonds is 12. The normalized spacial score (nSPS) is 18.8. The molecular weight excluding hydrogens is 681 g/mol. The van der Waals surface area contributed by atoms with Crippen molar-refractivity contribution in [2.75, 3.05) is 27.2 Å². The fraction of sp³-hybridized carbons (Fsp3) is 0.489. The van der Waals surface area contributed by atoms with Gasteiger partial charge in [-0.15, -0.1) is 0 Å². The van der Waals surface area contributed by atoms with Gasteiger partial charge in [-0.1, -0.05) is 90.1 Å². The Hall–Kier alpha value is -4.56. The number of H-pyrrole nitrogens is 1. The van der Waals surface area contributed by atoms with Crippen LogP contribution >= 0.6 is 0 Å². The smallest absolute Gasteiger partial charge is 0.240 e. The number of aromatic amines is 1. The topological polar surface area (TPSA) is 85.4 Å². The molecule has 0 aliphatic carbocycles. The van der Waals surface area contributed by atoms with E-state index in [1.54, 1.807) is 0 Å². The summed E-state index contributed by atoms with van der Waals surface area (Å²) in [5.41, 5.74) is 8.35. The molecule has 8 nitrogen and oxygen atoms in total. The van der Waals surface area contributed by atoms with Crippen molar-refractivity contribution in [3.05, 3.63) is 84.3 Å². The molecule has 1 N–H and O–H groups in total. The lowest BCUT2D eigenvalue weighted by atomic mass is 9.86. The third-order valence-corrected chi connectivity index (χ3v) is 11.9. The molecule has 2 aliphatic rings. The van der Waals surface area contributed by atoms with E-state index in [9.17, 15) is 9.59 Å². The van der Waals surface area contributed by atoms with E-state index >= 15 is 0 Å². The Labute approximate surface area is 327 Å². The molecule has 2 amide bonds. The summed E-state index contributed by atoms with van der Waals surface area (Å²) in [5, 5.41) is 1.10. The first-order valence-corrected chi connectivity index (χ1v) is 20.7. The minimum absolute atomic E-state index is 0.00397. The average Bonchev–Trinajstić information content (AvgIpc) is 3.95. The van der Waals surface area contributed by atoms with E-state index in [2.05, 4.69) is 134 Å². The number of fused-ring (bicyclic) bond motifs is 2. The molecule has 8 heteroatoms. The molecule has 4 heterocycles. The molecule has 4 unspecified atom stereocenters. The van der Waals surface area contributed by atoms with Gasteiger partial charge >= 0.3 is 0 Å². The number of pyridine rings is 1. The zero-order valence-electron chi connectivity index (χ0n) is 34.2. The number of hydrogen-bond acceptors (Lipinski definition) is 5. The fourth-order valence-corrected chi connectivity index (χ4v) is 8.92. The monoisotopic (exact) mass is 740 g/mol. The molecule has 2 aromatic heterocycles. The van der Waals surface area contributed by atoms with E-state index < -0.39 is 0 Å². The summed E-state index contributed by atoms with van der Waals surface area (Å²) in [4.78, 5) is 47.6. The van der Waals surface area contributed by atoms with E-state index in [0.717, 1.165) is 107 Å². The molecule has 7 rings (SSSR count). The largest absolute Gasteiger partial charge is 0.340 e. The molecule has 5 aromatic rings. The second-order valence-corrected chi connectivity index (χ2v) is 17.5. The number of nitrogens with one attached hydrogen (secondary N) is 1. The van der Waals surface area contributed by atoms with Gasteiger partial charge in [0.1, 0.15) is 5.82 Å². The number of amides is 2. The molecule has 0 bridgehead atoms. The van der Waals surface area contributed by atoms with Crippen molar-refractivity contribution in [1.29, 1.82) is 0 Å². The van der Waals surface area contributed by atoms with Crippen LogP contribution in [0.1, 0.15) is 104 Å². The lowest BCUT2D eigenvalue weighted by Crippen LogP contribution is -2.46. The molecular formula is C47H60N6O2. The summed E-state index contributed by atoms with van der Waals surface area (Å²) < 4.78 is 0. The predicted octanol–water partition coefficient (Wildman–Crippen LogP) is 10.1. The van der Waals surface area contributed by atoms with Crippen LogP contribution < -0.4 is 0 Å². The van der Waals surface area contributed by atoms with Crippen LogP contribution in [-0.4, -0.2) is 74.7 Å². The first-order chi connectivity index (χ1) is 26.4. The maximum atomic E-state index is 13.8. The van der Waals surface area contributed by atoms with E-state index in [1.807, 2.05) is 14.1 Å². The number of carbonyl (C=O) groups excluding carboxylic acids is 2. The third-order valence-electron chi connectivity index (χ3n) is 11.9. The van der Waals surface area contributed by atoms with Crippen molar-refractivity contribution in [2.45, 2.75) is 98.2 Å². The zero-order chi connectivity index (χ0) is 39.0. The van der Waals surface area contributed by atoms with E-state index in [4.69, 9.17) is 9.97 Å². The first-order valence-electron chi connectivity index (χ1n) is 20.7. The molecule has 290 valence electrons. The van der Waals surface area contributed by atoms with Gasteiger partial charge in [-0.25, -0.2) is 4.98 Å². The molecule has 2 aliphatic heterocycles. The summed E-state index contributed by atoms with van der Waals surface area (Å²) in [6.07, 6.45) is 5.64. The quantitative estimate of drug-likeness (QED) is 0.138. The van der Waals surface area contributed by atoms with Gasteiger partial charge in [0.15, 0.2) is 0 Å². The number of carbonyl (C=O) groups is 2. The van der Waals surface area contributed by atoms with Gasteiger partial charge < -0.3 is 14.8 Å². The first kappa shape index (κ1) is 38.7. The lowest BCUT2D eigenvalue weighted by molar-refractivity contribution is -0.139. The van der Waals surface area contributed by atoms with Crippen LogP contribution in [0.3, 0.4) is 0 Å². The van der Waals surface area contributed by atoms with Crippen molar-refractivity contribution in [2.24, 2.45) is 23.7 Å². The van der Waals surface area contributed by atoms with Crippen LogP contribution in [0.4, 0.5) is 0 Å². The number of nitrogens with zero attached hydrogens (tertiary/aromatic N) is 5. The molecule has 2 saturated heterocycles. The number of likely N-dealkylation sites (N-methyl/N-ethyl adjacent to an activating group) is 1. The van der Waals surface area contributed by atoms with Crippen molar-refractivity contribution in [1.82, 2.24) is 29.7 Å². The molecule has 0 spiro atoms. The van der Waals surface area contributed by atoms with Gasteiger partial charge in [-0.2, -0.15) is 0 Å². The summed E-state index contributed by atoms with van der Waals surface area (Å²) >= 11 is 0.